The molecule has 1 aliphatic carbocycles. The smallest absolute Gasteiger partial charge is 0.226 e. The molecule has 2 aliphatic rings. The van der Waals surface area contributed by atoms with Crippen LogP contribution in [0.1, 0.15) is 18.4 Å². The monoisotopic (exact) mass is 280 g/mol. The van der Waals surface area contributed by atoms with Crippen molar-refractivity contribution in [3.8, 4) is 0 Å². The Bertz CT molecular complexity index is 411. The molecule has 1 aliphatic heterocycles. The summed E-state index contributed by atoms with van der Waals surface area (Å²) in [5.41, 5.74) is 1.40. The summed E-state index contributed by atoms with van der Waals surface area (Å²) in [6.07, 6.45) is 2.24. The Kier molecular flexibility index (Phi) is 4.83. The van der Waals surface area contributed by atoms with Crippen LogP contribution in [0.15, 0.2) is 30.3 Å². The fraction of sp³-hybridized carbons (Fsp3) is 0.533. The number of carbonyl (C=O) groups is 1. The fourth-order valence-electron chi connectivity index (χ4n) is 2.69. The zero-order valence-electron chi connectivity index (χ0n) is 11.1. The van der Waals surface area contributed by atoms with Crippen LogP contribution in [0.5, 0.6) is 0 Å². The molecule has 0 spiro atoms. The number of nitrogens with zero attached hydrogens (tertiary/aromatic N) is 1. The molecule has 1 heterocycles. The fourth-order valence-corrected chi connectivity index (χ4v) is 2.69. The number of amides is 1. The molecule has 3 nitrogen and oxygen atoms in total. The normalized spacial score (nSPS) is 19.9. The van der Waals surface area contributed by atoms with E-state index < -0.39 is 0 Å². The molecule has 0 atom stereocenters. The van der Waals surface area contributed by atoms with Crippen molar-refractivity contribution in [2.24, 2.45) is 5.92 Å². The summed E-state index contributed by atoms with van der Waals surface area (Å²) in [5, 5.41) is 0. The van der Waals surface area contributed by atoms with Crippen molar-refractivity contribution >= 4 is 5.91 Å². The Hall–Kier alpha value is -1.06. The van der Waals surface area contributed by atoms with E-state index in [2.05, 4.69) is 35.2 Å². The zero-order chi connectivity index (χ0) is 12.4. The Morgan fingerprint density at radius 3 is 2.37 bits per heavy atom. The molecular formula is C15H21ClN2O. The average Bonchev–Trinajstić information content (AvgIpc) is 3.24. The highest BCUT2D eigenvalue weighted by molar-refractivity contribution is 5.81. The number of benzene rings is 1. The van der Waals surface area contributed by atoms with Crippen molar-refractivity contribution in [1.82, 2.24) is 4.90 Å². The molecule has 19 heavy (non-hydrogen) atoms. The number of hydrogen-bond donors (Lipinski definition) is 1. The van der Waals surface area contributed by atoms with E-state index in [1.165, 1.54) is 5.56 Å². The molecule has 1 saturated carbocycles. The van der Waals surface area contributed by atoms with Crippen LogP contribution in [0.25, 0.3) is 0 Å². The lowest BCUT2D eigenvalue weighted by atomic mass is 10.2. The van der Waals surface area contributed by atoms with E-state index in [4.69, 9.17) is 0 Å². The van der Waals surface area contributed by atoms with Gasteiger partial charge < -0.3 is 22.2 Å². The Balaban J connectivity index is 0.00000133. The molecule has 1 N–H and O–H groups in total. The van der Waals surface area contributed by atoms with Crippen LogP contribution in [0.2, 0.25) is 0 Å². The highest BCUT2D eigenvalue weighted by Crippen LogP contribution is 2.30. The molecule has 4 heteroatoms. The lowest BCUT2D eigenvalue weighted by Crippen LogP contribution is -3.13. The first-order chi connectivity index (χ1) is 8.83. The molecule has 0 unspecified atom stereocenters. The standard InChI is InChI=1S/C15H20N2O.ClH/c18-15(14-6-7-14)17-10-8-16(9-11-17)12-13-4-2-1-3-5-13;/h1-5,14H,6-12H2;1H. The van der Waals surface area contributed by atoms with Crippen molar-refractivity contribution in [2.75, 3.05) is 26.2 Å². The van der Waals surface area contributed by atoms with E-state index in [-0.39, 0.29) is 12.4 Å². The van der Waals surface area contributed by atoms with Gasteiger partial charge in [0.25, 0.3) is 0 Å². The van der Waals surface area contributed by atoms with Gasteiger partial charge in [-0.1, -0.05) is 30.3 Å². The van der Waals surface area contributed by atoms with E-state index in [0.717, 1.165) is 45.6 Å². The molecule has 1 aromatic rings. The maximum Gasteiger partial charge on any atom is 0.226 e. The second-order valence-corrected chi connectivity index (χ2v) is 5.51. The Morgan fingerprint density at radius 2 is 1.79 bits per heavy atom. The van der Waals surface area contributed by atoms with E-state index in [0.29, 0.717) is 11.8 Å². The van der Waals surface area contributed by atoms with Gasteiger partial charge in [-0.25, -0.2) is 0 Å². The summed E-state index contributed by atoms with van der Waals surface area (Å²) in [5.74, 6) is 0.787. The maximum absolute atomic E-state index is 11.9. The third kappa shape index (κ3) is 3.71. The van der Waals surface area contributed by atoms with Crippen LogP contribution in [-0.4, -0.2) is 37.0 Å². The van der Waals surface area contributed by atoms with Gasteiger partial charge >= 0.3 is 0 Å². The van der Waals surface area contributed by atoms with Gasteiger partial charge in [0, 0.05) is 11.5 Å². The molecule has 0 aromatic heterocycles. The predicted molar refractivity (Wildman–Crippen MR) is 70.1 cm³/mol. The van der Waals surface area contributed by atoms with E-state index in [1.807, 2.05) is 0 Å². The number of carbonyl (C=O) groups excluding carboxylic acids is 1. The van der Waals surface area contributed by atoms with E-state index in [9.17, 15) is 4.79 Å². The zero-order valence-corrected chi connectivity index (χ0v) is 11.9. The second-order valence-electron chi connectivity index (χ2n) is 5.51. The summed E-state index contributed by atoms with van der Waals surface area (Å²) in [4.78, 5) is 15.6. The minimum absolute atomic E-state index is 0. The molecule has 0 radical (unpaired) electrons. The largest absolute Gasteiger partial charge is 1.00 e. The first-order valence-electron chi connectivity index (χ1n) is 6.99. The predicted octanol–water partition coefficient (Wildman–Crippen LogP) is -2.67. The van der Waals surface area contributed by atoms with Gasteiger partial charge in [-0.3, -0.25) is 4.79 Å². The number of rotatable bonds is 3. The lowest BCUT2D eigenvalue weighted by molar-refractivity contribution is -0.917. The Labute approximate surface area is 121 Å². The summed E-state index contributed by atoms with van der Waals surface area (Å²) in [6, 6.07) is 10.6. The molecule has 3 rings (SSSR count). The summed E-state index contributed by atoms with van der Waals surface area (Å²) in [7, 11) is 0. The summed E-state index contributed by atoms with van der Waals surface area (Å²) >= 11 is 0. The topological polar surface area (TPSA) is 24.8 Å². The van der Waals surface area contributed by atoms with Crippen molar-refractivity contribution < 1.29 is 22.1 Å². The molecule has 104 valence electrons. The molecule has 2 fully saturated rings. The third-order valence-corrected chi connectivity index (χ3v) is 4.01. The maximum atomic E-state index is 11.9. The Morgan fingerprint density at radius 1 is 1.16 bits per heavy atom. The van der Waals surface area contributed by atoms with Crippen molar-refractivity contribution in [1.29, 1.82) is 0 Å². The van der Waals surface area contributed by atoms with Gasteiger partial charge in [0.2, 0.25) is 5.91 Å². The van der Waals surface area contributed by atoms with Gasteiger partial charge in [-0.05, 0) is 12.8 Å². The molecule has 0 bridgehead atoms. The van der Waals surface area contributed by atoms with Crippen LogP contribution in [-0.2, 0) is 11.3 Å². The molecular weight excluding hydrogens is 260 g/mol. The van der Waals surface area contributed by atoms with Crippen LogP contribution in [0.4, 0.5) is 0 Å². The van der Waals surface area contributed by atoms with Gasteiger partial charge in [0.1, 0.15) is 6.54 Å². The molecule has 1 aromatic carbocycles. The van der Waals surface area contributed by atoms with E-state index in [1.54, 1.807) is 4.90 Å². The minimum atomic E-state index is 0. The van der Waals surface area contributed by atoms with Gasteiger partial charge in [0.05, 0.1) is 26.2 Å². The van der Waals surface area contributed by atoms with Gasteiger partial charge in [-0.2, -0.15) is 0 Å². The highest BCUT2D eigenvalue weighted by Gasteiger charge is 2.35. The first-order valence-corrected chi connectivity index (χ1v) is 6.99. The number of piperazine rings is 1. The number of hydrogen-bond acceptors (Lipinski definition) is 1. The SMILES string of the molecule is O=C(C1CC1)N1CC[NH+](Cc2ccccc2)CC1.[Cl-]. The van der Waals surface area contributed by atoms with Crippen LogP contribution in [0, 0.1) is 5.92 Å². The number of quaternary nitrogens is 1. The van der Waals surface area contributed by atoms with Crippen LogP contribution >= 0.6 is 0 Å². The van der Waals surface area contributed by atoms with Crippen LogP contribution < -0.4 is 17.3 Å². The average molecular weight is 281 g/mol. The molecule has 1 amide bonds. The number of nitrogens with one attached hydrogen (secondary N) is 1. The third-order valence-electron chi connectivity index (χ3n) is 4.01. The second kappa shape index (κ2) is 6.40. The first kappa shape index (κ1) is 14.4. The lowest BCUT2D eigenvalue weighted by Gasteiger charge is -2.32. The number of halogens is 1. The van der Waals surface area contributed by atoms with Gasteiger partial charge in [0.15, 0.2) is 0 Å². The summed E-state index contributed by atoms with van der Waals surface area (Å²) < 4.78 is 0. The molecule has 1 saturated heterocycles. The van der Waals surface area contributed by atoms with Crippen LogP contribution in [0.3, 0.4) is 0 Å². The highest BCUT2D eigenvalue weighted by atomic mass is 35.5. The minimum Gasteiger partial charge on any atom is -1.00 e. The summed E-state index contributed by atoms with van der Waals surface area (Å²) in [6.45, 7) is 5.15. The van der Waals surface area contributed by atoms with Gasteiger partial charge in [-0.15, -0.1) is 0 Å². The van der Waals surface area contributed by atoms with Crippen molar-refractivity contribution in [3.05, 3.63) is 35.9 Å². The quantitative estimate of drug-likeness (QED) is 0.642. The van der Waals surface area contributed by atoms with Crippen molar-refractivity contribution in [3.63, 3.8) is 0 Å². The van der Waals surface area contributed by atoms with E-state index >= 15 is 0 Å². The van der Waals surface area contributed by atoms with Crippen molar-refractivity contribution in [2.45, 2.75) is 19.4 Å².